The van der Waals surface area contributed by atoms with Crippen molar-refractivity contribution >= 4 is 11.8 Å². The first-order chi connectivity index (χ1) is 12.2. The predicted molar refractivity (Wildman–Crippen MR) is 86.0 cm³/mol. The zero-order valence-electron chi connectivity index (χ0n) is 13.0. The molecule has 126 valence electrons. The Morgan fingerprint density at radius 2 is 1.92 bits per heavy atom. The zero-order valence-corrected chi connectivity index (χ0v) is 13.8. The molecule has 0 aliphatic carbocycles. The van der Waals surface area contributed by atoms with Crippen molar-refractivity contribution in [3.63, 3.8) is 0 Å². The summed E-state index contributed by atoms with van der Waals surface area (Å²) >= 11 is 1.29. The lowest BCUT2D eigenvalue weighted by Gasteiger charge is -1.92. The van der Waals surface area contributed by atoms with Crippen LogP contribution in [-0.4, -0.2) is 20.3 Å². The van der Waals surface area contributed by atoms with Gasteiger partial charge in [-0.25, -0.2) is 4.39 Å². The third-order valence-electron chi connectivity index (χ3n) is 3.38. The highest BCUT2D eigenvalue weighted by molar-refractivity contribution is 7.98. The van der Waals surface area contributed by atoms with Crippen LogP contribution in [0.5, 0.6) is 0 Å². The fourth-order valence-corrected chi connectivity index (χ4v) is 2.74. The molecule has 0 fully saturated rings. The van der Waals surface area contributed by atoms with Crippen molar-refractivity contribution in [3.8, 4) is 22.9 Å². The molecule has 0 radical (unpaired) electrons. The number of hydrogen-bond acceptors (Lipinski definition) is 8. The normalized spacial score (nSPS) is 11.1. The van der Waals surface area contributed by atoms with Gasteiger partial charge in [-0.15, -0.1) is 10.2 Å². The van der Waals surface area contributed by atoms with Crippen molar-refractivity contribution in [3.05, 3.63) is 54.0 Å². The third kappa shape index (κ3) is 3.31. The molecular formula is C16H11FN4O3S. The molecule has 4 rings (SSSR count). The third-order valence-corrected chi connectivity index (χ3v) is 4.19. The predicted octanol–water partition coefficient (Wildman–Crippen LogP) is 4.12. The molecule has 0 aliphatic rings. The molecule has 0 saturated carbocycles. The lowest BCUT2D eigenvalue weighted by molar-refractivity contribution is 0.425. The topological polar surface area (TPSA) is 91.0 Å². The molecule has 3 aromatic heterocycles. The number of halogens is 1. The van der Waals surface area contributed by atoms with Gasteiger partial charge in [-0.2, -0.15) is 4.98 Å². The Morgan fingerprint density at radius 3 is 2.68 bits per heavy atom. The van der Waals surface area contributed by atoms with Gasteiger partial charge < -0.3 is 13.4 Å². The van der Waals surface area contributed by atoms with Gasteiger partial charge in [0.05, 0.1) is 17.6 Å². The van der Waals surface area contributed by atoms with E-state index in [2.05, 4.69) is 20.3 Å². The van der Waals surface area contributed by atoms with E-state index < -0.39 is 0 Å². The second-order valence-corrected chi connectivity index (χ2v) is 6.00. The highest BCUT2D eigenvalue weighted by Crippen LogP contribution is 2.28. The van der Waals surface area contributed by atoms with Crippen molar-refractivity contribution < 1.29 is 17.7 Å². The van der Waals surface area contributed by atoms with Crippen LogP contribution in [-0.2, 0) is 5.75 Å². The SMILES string of the molecule is Cc1occc1-c1nnc(SCc2noc(-c3ccc(F)cc3)n2)o1. The first-order valence-corrected chi connectivity index (χ1v) is 8.27. The highest BCUT2D eigenvalue weighted by atomic mass is 32.2. The number of nitrogens with zero attached hydrogens (tertiary/aromatic N) is 4. The maximum absolute atomic E-state index is 12.9. The van der Waals surface area contributed by atoms with Gasteiger partial charge in [0.25, 0.3) is 17.0 Å². The van der Waals surface area contributed by atoms with Crippen molar-refractivity contribution in [1.29, 1.82) is 0 Å². The fraction of sp³-hybridized carbons (Fsp3) is 0.125. The molecule has 0 spiro atoms. The first kappa shape index (κ1) is 15.6. The molecule has 0 saturated heterocycles. The van der Waals surface area contributed by atoms with Gasteiger partial charge in [0.2, 0.25) is 0 Å². The Balaban J connectivity index is 1.43. The van der Waals surface area contributed by atoms with Crippen molar-refractivity contribution in [2.75, 3.05) is 0 Å². The van der Waals surface area contributed by atoms with Crippen LogP contribution < -0.4 is 0 Å². The second kappa shape index (κ2) is 6.52. The molecule has 0 amide bonds. The van der Waals surface area contributed by atoms with Crippen molar-refractivity contribution in [2.24, 2.45) is 0 Å². The van der Waals surface area contributed by atoms with E-state index in [-0.39, 0.29) is 5.82 Å². The van der Waals surface area contributed by atoms with Gasteiger partial charge in [-0.3, -0.25) is 0 Å². The number of furan rings is 1. The van der Waals surface area contributed by atoms with Crippen LogP contribution in [0.25, 0.3) is 22.9 Å². The molecule has 0 bridgehead atoms. The molecular weight excluding hydrogens is 347 g/mol. The number of aryl methyl sites for hydroxylation is 1. The van der Waals surface area contributed by atoms with Crippen LogP contribution in [0.2, 0.25) is 0 Å². The van der Waals surface area contributed by atoms with Crippen molar-refractivity contribution in [2.45, 2.75) is 17.9 Å². The summed E-state index contributed by atoms with van der Waals surface area (Å²) in [7, 11) is 0. The van der Waals surface area contributed by atoms with E-state index in [4.69, 9.17) is 13.4 Å². The summed E-state index contributed by atoms with van der Waals surface area (Å²) in [6.45, 7) is 1.82. The number of benzene rings is 1. The summed E-state index contributed by atoms with van der Waals surface area (Å²) < 4.78 is 28.9. The molecule has 0 N–H and O–H groups in total. The Kier molecular flexibility index (Phi) is 4.06. The maximum atomic E-state index is 12.9. The molecule has 25 heavy (non-hydrogen) atoms. The van der Waals surface area contributed by atoms with E-state index in [1.54, 1.807) is 24.5 Å². The molecule has 7 nitrogen and oxygen atoms in total. The van der Waals surface area contributed by atoms with E-state index >= 15 is 0 Å². The van der Waals surface area contributed by atoms with Gasteiger partial charge in [0.1, 0.15) is 11.6 Å². The monoisotopic (exact) mass is 358 g/mol. The van der Waals surface area contributed by atoms with E-state index in [9.17, 15) is 4.39 Å². The summed E-state index contributed by atoms with van der Waals surface area (Å²) in [5.41, 5.74) is 1.41. The van der Waals surface area contributed by atoms with Gasteiger partial charge in [0, 0.05) is 5.56 Å². The summed E-state index contributed by atoms with van der Waals surface area (Å²) in [6, 6.07) is 7.61. The fourth-order valence-electron chi connectivity index (χ4n) is 2.13. The number of rotatable bonds is 5. The summed E-state index contributed by atoms with van der Waals surface area (Å²) in [6.07, 6.45) is 1.57. The Morgan fingerprint density at radius 1 is 1.08 bits per heavy atom. The summed E-state index contributed by atoms with van der Waals surface area (Å²) in [5, 5.41) is 12.3. The average molecular weight is 358 g/mol. The zero-order chi connectivity index (χ0) is 17.2. The molecule has 0 aliphatic heterocycles. The van der Waals surface area contributed by atoms with E-state index in [0.717, 1.165) is 5.56 Å². The minimum Gasteiger partial charge on any atom is -0.469 e. The van der Waals surface area contributed by atoms with Crippen LogP contribution in [0.15, 0.2) is 55.2 Å². The lowest BCUT2D eigenvalue weighted by atomic mass is 10.2. The smallest absolute Gasteiger partial charge is 0.277 e. The van der Waals surface area contributed by atoms with Gasteiger partial charge in [0.15, 0.2) is 5.82 Å². The molecule has 4 aromatic rings. The number of thioether (sulfide) groups is 1. The highest BCUT2D eigenvalue weighted by Gasteiger charge is 2.15. The maximum Gasteiger partial charge on any atom is 0.277 e. The van der Waals surface area contributed by atoms with Crippen LogP contribution in [0, 0.1) is 12.7 Å². The molecule has 0 atom stereocenters. The second-order valence-electron chi connectivity index (χ2n) is 5.07. The molecule has 9 heteroatoms. The van der Waals surface area contributed by atoms with Crippen LogP contribution >= 0.6 is 11.8 Å². The van der Waals surface area contributed by atoms with Gasteiger partial charge >= 0.3 is 0 Å². The standard InChI is InChI=1S/C16H11FN4O3S/c1-9-12(6-7-22-9)15-19-20-16(23-15)25-8-13-18-14(24-21-13)10-2-4-11(17)5-3-10/h2-7H,8H2,1H3. The Labute approximate surface area is 145 Å². The average Bonchev–Trinajstić information content (AvgIpc) is 3.33. The van der Waals surface area contributed by atoms with E-state index in [1.165, 1.54) is 23.9 Å². The largest absolute Gasteiger partial charge is 0.469 e. The van der Waals surface area contributed by atoms with E-state index in [1.807, 2.05) is 6.92 Å². The molecule has 1 aromatic carbocycles. The summed E-state index contributed by atoms with van der Waals surface area (Å²) in [4.78, 5) is 4.27. The van der Waals surface area contributed by atoms with Crippen LogP contribution in [0.4, 0.5) is 4.39 Å². The number of hydrogen-bond donors (Lipinski definition) is 0. The minimum atomic E-state index is -0.320. The van der Waals surface area contributed by atoms with Gasteiger partial charge in [-0.1, -0.05) is 16.9 Å². The summed E-state index contributed by atoms with van der Waals surface area (Å²) in [5.74, 6) is 1.99. The molecule has 3 heterocycles. The Hall–Kier alpha value is -2.94. The first-order valence-electron chi connectivity index (χ1n) is 7.28. The minimum absolute atomic E-state index is 0.320. The number of aromatic nitrogens is 4. The van der Waals surface area contributed by atoms with Crippen LogP contribution in [0.1, 0.15) is 11.6 Å². The molecule has 0 unspecified atom stereocenters. The van der Waals surface area contributed by atoms with Gasteiger partial charge in [-0.05, 0) is 37.3 Å². The lowest BCUT2D eigenvalue weighted by Crippen LogP contribution is -1.84. The quantitative estimate of drug-likeness (QED) is 0.492. The van der Waals surface area contributed by atoms with E-state index in [0.29, 0.717) is 39.9 Å². The van der Waals surface area contributed by atoms with Crippen molar-refractivity contribution in [1.82, 2.24) is 20.3 Å². The van der Waals surface area contributed by atoms with Crippen LogP contribution in [0.3, 0.4) is 0 Å². The Bertz CT molecular complexity index is 993.